The minimum Gasteiger partial charge on any atom is -0.494 e. The standard InChI is InChI=1S/C23H21N3O2/c1-2-28-20-11-6-9-18(15-20)23(27)24-22-13-14-26(25-22)16-19-10-5-8-17-7-3-4-12-21(17)19/h3-15H,2,16H2,1H3,(H,24,25,27). The van der Waals surface area contributed by atoms with Gasteiger partial charge in [0.25, 0.3) is 5.91 Å². The van der Waals surface area contributed by atoms with Crippen LogP contribution < -0.4 is 10.1 Å². The van der Waals surface area contributed by atoms with E-state index < -0.39 is 0 Å². The van der Waals surface area contributed by atoms with Crippen LogP contribution in [0.1, 0.15) is 22.8 Å². The van der Waals surface area contributed by atoms with Crippen molar-refractivity contribution in [3.8, 4) is 5.75 Å². The summed E-state index contributed by atoms with van der Waals surface area (Å²) in [5.41, 5.74) is 1.72. The van der Waals surface area contributed by atoms with Crippen LogP contribution in [0, 0.1) is 0 Å². The van der Waals surface area contributed by atoms with Crippen LogP contribution in [0.2, 0.25) is 0 Å². The van der Waals surface area contributed by atoms with Crippen molar-refractivity contribution in [3.63, 3.8) is 0 Å². The summed E-state index contributed by atoms with van der Waals surface area (Å²) in [6, 6.07) is 23.5. The van der Waals surface area contributed by atoms with Gasteiger partial charge in [-0.15, -0.1) is 0 Å². The average Bonchev–Trinajstić information content (AvgIpc) is 3.15. The molecule has 3 aromatic carbocycles. The van der Waals surface area contributed by atoms with Gasteiger partial charge in [0, 0.05) is 17.8 Å². The highest BCUT2D eigenvalue weighted by molar-refractivity contribution is 6.04. The van der Waals surface area contributed by atoms with E-state index in [1.165, 1.54) is 16.3 Å². The Kier molecular flexibility index (Phi) is 5.06. The number of anilines is 1. The number of carbonyl (C=O) groups is 1. The first kappa shape index (κ1) is 17.8. The number of hydrogen-bond acceptors (Lipinski definition) is 3. The number of benzene rings is 3. The molecule has 140 valence electrons. The third-order valence-electron chi connectivity index (χ3n) is 4.50. The third kappa shape index (κ3) is 3.88. The van der Waals surface area contributed by atoms with E-state index in [1.807, 2.05) is 36.0 Å². The van der Waals surface area contributed by atoms with E-state index in [0.29, 0.717) is 30.3 Å². The third-order valence-corrected chi connectivity index (χ3v) is 4.50. The van der Waals surface area contributed by atoms with Gasteiger partial charge >= 0.3 is 0 Å². The van der Waals surface area contributed by atoms with E-state index in [9.17, 15) is 4.79 Å². The van der Waals surface area contributed by atoms with Crippen LogP contribution in [0.15, 0.2) is 79.0 Å². The van der Waals surface area contributed by atoms with E-state index in [4.69, 9.17) is 4.74 Å². The molecular weight excluding hydrogens is 350 g/mol. The lowest BCUT2D eigenvalue weighted by Gasteiger charge is -2.07. The average molecular weight is 371 g/mol. The highest BCUT2D eigenvalue weighted by Crippen LogP contribution is 2.20. The number of hydrogen-bond donors (Lipinski definition) is 1. The topological polar surface area (TPSA) is 56.1 Å². The van der Waals surface area contributed by atoms with E-state index in [2.05, 4.69) is 40.7 Å². The van der Waals surface area contributed by atoms with E-state index in [0.717, 1.165) is 0 Å². The normalized spacial score (nSPS) is 10.8. The summed E-state index contributed by atoms with van der Waals surface area (Å²) >= 11 is 0. The van der Waals surface area contributed by atoms with Gasteiger partial charge in [0.2, 0.25) is 0 Å². The lowest BCUT2D eigenvalue weighted by Crippen LogP contribution is -2.13. The van der Waals surface area contributed by atoms with Gasteiger partial charge in [-0.25, -0.2) is 0 Å². The molecule has 0 fully saturated rings. The molecule has 0 saturated carbocycles. The van der Waals surface area contributed by atoms with Crippen LogP contribution in [0.5, 0.6) is 5.75 Å². The van der Waals surface area contributed by atoms with Crippen LogP contribution >= 0.6 is 0 Å². The highest BCUT2D eigenvalue weighted by atomic mass is 16.5. The van der Waals surface area contributed by atoms with Crippen molar-refractivity contribution in [2.75, 3.05) is 11.9 Å². The van der Waals surface area contributed by atoms with Crippen LogP contribution in [0.4, 0.5) is 5.82 Å². The van der Waals surface area contributed by atoms with Crippen LogP contribution in [-0.2, 0) is 6.54 Å². The van der Waals surface area contributed by atoms with E-state index >= 15 is 0 Å². The minimum absolute atomic E-state index is 0.211. The molecule has 0 aliphatic heterocycles. The lowest BCUT2D eigenvalue weighted by atomic mass is 10.0. The predicted molar refractivity (Wildman–Crippen MR) is 111 cm³/mol. The van der Waals surface area contributed by atoms with Gasteiger partial charge in [0.1, 0.15) is 5.75 Å². The van der Waals surface area contributed by atoms with Crippen molar-refractivity contribution >= 4 is 22.5 Å². The fraction of sp³-hybridized carbons (Fsp3) is 0.130. The van der Waals surface area contributed by atoms with Crippen LogP contribution in [0.25, 0.3) is 10.8 Å². The molecule has 0 saturated heterocycles. The fourth-order valence-corrected chi connectivity index (χ4v) is 3.20. The first-order valence-corrected chi connectivity index (χ1v) is 9.27. The SMILES string of the molecule is CCOc1cccc(C(=O)Nc2ccn(Cc3cccc4ccccc34)n2)c1. The Morgan fingerprint density at radius 3 is 2.75 bits per heavy atom. The minimum atomic E-state index is -0.211. The number of fused-ring (bicyclic) bond motifs is 1. The second-order valence-corrected chi connectivity index (χ2v) is 6.45. The smallest absolute Gasteiger partial charge is 0.256 e. The molecule has 0 bridgehead atoms. The summed E-state index contributed by atoms with van der Waals surface area (Å²) in [6.07, 6.45) is 1.87. The van der Waals surface area contributed by atoms with Gasteiger partial charge in [0.05, 0.1) is 13.2 Å². The number of ether oxygens (including phenoxy) is 1. The van der Waals surface area contributed by atoms with Gasteiger partial charge in [-0.2, -0.15) is 5.10 Å². The fourth-order valence-electron chi connectivity index (χ4n) is 3.20. The van der Waals surface area contributed by atoms with Gasteiger partial charge in [0.15, 0.2) is 5.82 Å². The Bertz CT molecular complexity index is 1110. The summed E-state index contributed by atoms with van der Waals surface area (Å²) in [5, 5.41) is 9.75. The summed E-state index contributed by atoms with van der Waals surface area (Å²) in [4.78, 5) is 12.5. The zero-order valence-corrected chi connectivity index (χ0v) is 15.6. The Balaban J connectivity index is 1.48. The van der Waals surface area contributed by atoms with Crippen molar-refractivity contribution < 1.29 is 9.53 Å². The number of amides is 1. The summed E-state index contributed by atoms with van der Waals surface area (Å²) in [5.74, 6) is 0.987. The number of aromatic nitrogens is 2. The molecule has 4 aromatic rings. The maximum Gasteiger partial charge on any atom is 0.256 e. The van der Waals surface area contributed by atoms with Crippen molar-refractivity contribution in [2.45, 2.75) is 13.5 Å². The molecule has 4 rings (SSSR count). The molecule has 0 unspecified atom stereocenters. The molecule has 5 heteroatoms. The predicted octanol–water partition coefficient (Wildman–Crippen LogP) is 4.74. The summed E-state index contributed by atoms with van der Waals surface area (Å²) < 4.78 is 7.28. The number of carbonyl (C=O) groups excluding carboxylic acids is 1. The zero-order chi connectivity index (χ0) is 19.3. The first-order valence-electron chi connectivity index (χ1n) is 9.27. The monoisotopic (exact) mass is 371 g/mol. The number of rotatable bonds is 6. The Hall–Kier alpha value is -3.60. The van der Waals surface area contributed by atoms with Gasteiger partial charge in [-0.3, -0.25) is 9.48 Å². The molecule has 28 heavy (non-hydrogen) atoms. The van der Waals surface area contributed by atoms with E-state index in [1.54, 1.807) is 24.3 Å². The molecule has 0 aliphatic rings. The molecular formula is C23H21N3O2. The second kappa shape index (κ2) is 7.96. The molecule has 0 spiro atoms. The molecule has 5 nitrogen and oxygen atoms in total. The van der Waals surface area contributed by atoms with Gasteiger partial charge in [-0.05, 0) is 41.5 Å². The second-order valence-electron chi connectivity index (χ2n) is 6.45. The summed E-state index contributed by atoms with van der Waals surface area (Å²) in [6.45, 7) is 3.11. The van der Waals surface area contributed by atoms with Gasteiger partial charge < -0.3 is 10.1 Å². The Morgan fingerprint density at radius 1 is 1.04 bits per heavy atom. The molecule has 0 radical (unpaired) electrons. The molecule has 0 atom stereocenters. The van der Waals surface area contributed by atoms with Crippen molar-refractivity contribution in [1.29, 1.82) is 0 Å². The zero-order valence-electron chi connectivity index (χ0n) is 15.6. The maximum absolute atomic E-state index is 12.5. The molecule has 0 aliphatic carbocycles. The number of nitrogens with zero attached hydrogens (tertiary/aromatic N) is 2. The molecule has 1 N–H and O–H groups in total. The molecule has 1 heterocycles. The number of nitrogens with one attached hydrogen (secondary N) is 1. The Labute approximate surface area is 163 Å². The van der Waals surface area contributed by atoms with E-state index in [-0.39, 0.29) is 5.91 Å². The lowest BCUT2D eigenvalue weighted by molar-refractivity contribution is 0.102. The summed E-state index contributed by atoms with van der Waals surface area (Å²) in [7, 11) is 0. The van der Waals surface area contributed by atoms with Crippen LogP contribution in [0.3, 0.4) is 0 Å². The molecule has 1 aromatic heterocycles. The first-order chi connectivity index (χ1) is 13.7. The quantitative estimate of drug-likeness (QED) is 0.533. The van der Waals surface area contributed by atoms with Crippen molar-refractivity contribution in [3.05, 3.63) is 90.1 Å². The molecule has 1 amide bonds. The van der Waals surface area contributed by atoms with Crippen molar-refractivity contribution in [1.82, 2.24) is 9.78 Å². The van der Waals surface area contributed by atoms with Crippen molar-refractivity contribution in [2.24, 2.45) is 0 Å². The van der Waals surface area contributed by atoms with Crippen LogP contribution in [-0.4, -0.2) is 22.3 Å². The highest BCUT2D eigenvalue weighted by Gasteiger charge is 2.10. The maximum atomic E-state index is 12.5. The van der Waals surface area contributed by atoms with Gasteiger partial charge in [-0.1, -0.05) is 48.5 Å². The largest absolute Gasteiger partial charge is 0.494 e. The Morgan fingerprint density at radius 2 is 1.86 bits per heavy atom.